The lowest BCUT2D eigenvalue weighted by Gasteiger charge is -2.16. The second kappa shape index (κ2) is 6.42. The smallest absolute Gasteiger partial charge is 0.252 e. The number of halogens is 1. The average Bonchev–Trinajstić information content (AvgIpc) is 2.80. The highest BCUT2D eigenvalue weighted by atomic mass is 35.5. The lowest BCUT2D eigenvalue weighted by Crippen LogP contribution is -2.34. The van der Waals surface area contributed by atoms with Gasteiger partial charge in [0.1, 0.15) is 6.04 Å². The van der Waals surface area contributed by atoms with E-state index in [1.807, 2.05) is 49.4 Å². The van der Waals surface area contributed by atoms with E-state index in [0.29, 0.717) is 11.6 Å². The summed E-state index contributed by atoms with van der Waals surface area (Å²) in [5.74, 6) is -0.356. The fraction of sp³-hybridized carbons (Fsp3) is 0.222. The summed E-state index contributed by atoms with van der Waals surface area (Å²) in [6.07, 6.45) is 0.164. The Hall–Kier alpha value is -2.33. The molecule has 1 fully saturated rings. The summed E-state index contributed by atoms with van der Waals surface area (Å²) < 4.78 is 0. The number of nitrogens with zero attached hydrogens (tertiary/aromatic N) is 1. The Kier molecular flexibility index (Phi) is 4.35. The number of anilines is 1. The minimum atomic E-state index is -0.537. The number of amides is 2. The zero-order valence-corrected chi connectivity index (χ0v) is 13.5. The van der Waals surface area contributed by atoms with E-state index in [0.717, 1.165) is 16.8 Å². The van der Waals surface area contributed by atoms with E-state index in [1.165, 1.54) is 4.90 Å². The first-order chi connectivity index (χ1) is 11.0. The molecule has 5 heteroatoms. The van der Waals surface area contributed by atoms with Gasteiger partial charge in [0, 0.05) is 10.7 Å². The molecule has 0 radical (unpaired) electrons. The van der Waals surface area contributed by atoms with E-state index < -0.39 is 6.04 Å². The third kappa shape index (κ3) is 3.37. The first-order valence-electron chi connectivity index (χ1n) is 7.45. The molecule has 1 saturated heterocycles. The molecule has 0 bridgehead atoms. The van der Waals surface area contributed by atoms with E-state index in [1.54, 1.807) is 6.07 Å². The molecule has 2 aromatic rings. The molecule has 4 nitrogen and oxygen atoms in total. The van der Waals surface area contributed by atoms with Crippen molar-refractivity contribution in [3.8, 4) is 0 Å². The number of rotatable bonds is 4. The maximum absolute atomic E-state index is 12.5. The van der Waals surface area contributed by atoms with Gasteiger partial charge in [-0.15, -0.1) is 0 Å². The van der Waals surface area contributed by atoms with Crippen molar-refractivity contribution >= 4 is 29.1 Å². The van der Waals surface area contributed by atoms with E-state index >= 15 is 0 Å². The van der Waals surface area contributed by atoms with Crippen LogP contribution >= 0.6 is 11.6 Å². The molecule has 1 N–H and O–H groups in total. The van der Waals surface area contributed by atoms with Gasteiger partial charge in [0.15, 0.2) is 0 Å². The van der Waals surface area contributed by atoms with Crippen molar-refractivity contribution in [3.05, 3.63) is 64.7 Å². The molecule has 0 unspecified atom stereocenters. The summed E-state index contributed by atoms with van der Waals surface area (Å²) in [6, 6.07) is 14.5. The van der Waals surface area contributed by atoms with Crippen molar-refractivity contribution in [1.82, 2.24) is 4.90 Å². The molecule has 118 valence electrons. The molecular formula is C18H17ClN2O2. The molecule has 1 aliphatic heterocycles. The SMILES string of the molecule is Cc1ccc(N[C@H]2CC(=O)N(Cc3ccccc3)C2=O)cc1Cl. The molecule has 23 heavy (non-hydrogen) atoms. The fourth-order valence-electron chi connectivity index (χ4n) is 2.61. The highest BCUT2D eigenvalue weighted by molar-refractivity contribution is 6.31. The van der Waals surface area contributed by atoms with Crippen LogP contribution in [0, 0.1) is 6.92 Å². The first kappa shape index (κ1) is 15.6. The second-order valence-corrected chi connectivity index (χ2v) is 6.08. The van der Waals surface area contributed by atoms with Crippen molar-refractivity contribution in [1.29, 1.82) is 0 Å². The van der Waals surface area contributed by atoms with Crippen LogP contribution in [-0.2, 0) is 16.1 Å². The number of aryl methyl sites for hydroxylation is 1. The molecule has 2 amide bonds. The minimum Gasteiger partial charge on any atom is -0.373 e. The van der Waals surface area contributed by atoms with Gasteiger partial charge in [0.25, 0.3) is 5.91 Å². The number of imide groups is 1. The number of hydrogen-bond acceptors (Lipinski definition) is 3. The Morgan fingerprint density at radius 1 is 1.17 bits per heavy atom. The van der Waals surface area contributed by atoms with Crippen molar-refractivity contribution in [2.45, 2.75) is 25.9 Å². The van der Waals surface area contributed by atoms with Crippen molar-refractivity contribution in [2.24, 2.45) is 0 Å². The van der Waals surface area contributed by atoms with E-state index in [9.17, 15) is 9.59 Å². The minimum absolute atomic E-state index is 0.158. The number of likely N-dealkylation sites (tertiary alicyclic amines) is 1. The summed E-state index contributed by atoms with van der Waals surface area (Å²) in [5.41, 5.74) is 2.65. The molecule has 1 aliphatic rings. The molecule has 0 saturated carbocycles. The normalized spacial score (nSPS) is 17.7. The summed E-state index contributed by atoms with van der Waals surface area (Å²) >= 11 is 6.10. The standard InChI is InChI=1S/C18H17ClN2O2/c1-12-7-8-14(9-15(12)19)20-16-10-17(22)21(18(16)23)11-13-5-3-2-4-6-13/h2-9,16,20H,10-11H2,1H3/t16-/m0/s1. The van der Waals surface area contributed by atoms with Crippen LogP contribution in [0.15, 0.2) is 48.5 Å². The van der Waals surface area contributed by atoms with Crippen molar-refractivity contribution < 1.29 is 9.59 Å². The molecule has 0 aliphatic carbocycles. The van der Waals surface area contributed by atoms with Gasteiger partial charge in [-0.2, -0.15) is 0 Å². The van der Waals surface area contributed by atoms with Gasteiger partial charge >= 0.3 is 0 Å². The molecule has 3 rings (SSSR count). The first-order valence-corrected chi connectivity index (χ1v) is 7.83. The topological polar surface area (TPSA) is 49.4 Å². The van der Waals surface area contributed by atoms with Gasteiger partial charge in [-0.1, -0.05) is 48.0 Å². The Morgan fingerprint density at radius 3 is 2.61 bits per heavy atom. The van der Waals surface area contributed by atoms with E-state index in [2.05, 4.69) is 5.32 Å². The third-order valence-corrected chi connectivity index (χ3v) is 4.35. The lowest BCUT2D eigenvalue weighted by atomic mass is 10.2. The summed E-state index contributed by atoms with van der Waals surface area (Å²) in [6.45, 7) is 2.23. The van der Waals surface area contributed by atoms with E-state index in [-0.39, 0.29) is 18.2 Å². The number of carbonyl (C=O) groups is 2. The zero-order chi connectivity index (χ0) is 16.4. The second-order valence-electron chi connectivity index (χ2n) is 5.67. The number of benzene rings is 2. The number of hydrogen-bond donors (Lipinski definition) is 1. The quantitative estimate of drug-likeness (QED) is 0.875. The maximum Gasteiger partial charge on any atom is 0.252 e. The summed E-state index contributed by atoms with van der Waals surface area (Å²) in [5, 5.41) is 3.74. The maximum atomic E-state index is 12.5. The van der Waals surface area contributed by atoms with Crippen LogP contribution in [0.2, 0.25) is 5.02 Å². The summed E-state index contributed by atoms with van der Waals surface area (Å²) in [4.78, 5) is 25.9. The van der Waals surface area contributed by atoms with Crippen LogP contribution in [0.5, 0.6) is 0 Å². The zero-order valence-electron chi connectivity index (χ0n) is 12.8. The van der Waals surface area contributed by atoms with Gasteiger partial charge in [-0.25, -0.2) is 0 Å². The highest BCUT2D eigenvalue weighted by Gasteiger charge is 2.38. The number of nitrogens with one attached hydrogen (secondary N) is 1. The van der Waals surface area contributed by atoms with Crippen LogP contribution in [0.4, 0.5) is 5.69 Å². The summed E-state index contributed by atoms with van der Waals surface area (Å²) in [7, 11) is 0. The number of carbonyl (C=O) groups excluding carboxylic acids is 2. The monoisotopic (exact) mass is 328 g/mol. The average molecular weight is 329 g/mol. The van der Waals surface area contributed by atoms with Crippen LogP contribution in [-0.4, -0.2) is 22.8 Å². The molecule has 1 atom stereocenters. The van der Waals surface area contributed by atoms with Gasteiger partial charge in [0.2, 0.25) is 5.91 Å². The van der Waals surface area contributed by atoms with Gasteiger partial charge in [-0.05, 0) is 30.2 Å². The highest BCUT2D eigenvalue weighted by Crippen LogP contribution is 2.24. The molecule has 1 heterocycles. The predicted octanol–water partition coefficient (Wildman–Crippen LogP) is 3.39. The van der Waals surface area contributed by atoms with Gasteiger partial charge < -0.3 is 5.32 Å². The molecule has 2 aromatic carbocycles. The van der Waals surface area contributed by atoms with Gasteiger partial charge in [0.05, 0.1) is 13.0 Å². The Labute approximate surface area is 140 Å². The lowest BCUT2D eigenvalue weighted by molar-refractivity contribution is -0.139. The molecule has 0 aromatic heterocycles. The van der Waals surface area contributed by atoms with Crippen molar-refractivity contribution in [3.63, 3.8) is 0 Å². The third-order valence-electron chi connectivity index (χ3n) is 3.94. The largest absolute Gasteiger partial charge is 0.373 e. The molecule has 0 spiro atoms. The predicted molar refractivity (Wildman–Crippen MR) is 90.2 cm³/mol. The fourth-order valence-corrected chi connectivity index (χ4v) is 2.79. The Balaban J connectivity index is 1.72. The molecular weight excluding hydrogens is 312 g/mol. The van der Waals surface area contributed by atoms with Gasteiger partial charge in [-0.3, -0.25) is 14.5 Å². The Bertz CT molecular complexity index is 746. The van der Waals surface area contributed by atoms with Crippen LogP contribution in [0.25, 0.3) is 0 Å². The van der Waals surface area contributed by atoms with Crippen LogP contribution in [0.3, 0.4) is 0 Å². The Morgan fingerprint density at radius 2 is 1.91 bits per heavy atom. The van der Waals surface area contributed by atoms with Crippen LogP contribution < -0.4 is 5.32 Å². The van der Waals surface area contributed by atoms with Crippen LogP contribution in [0.1, 0.15) is 17.5 Å². The van der Waals surface area contributed by atoms with E-state index in [4.69, 9.17) is 11.6 Å². The van der Waals surface area contributed by atoms with Crippen molar-refractivity contribution in [2.75, 3.05) is 5.32 Å².